The van der Waals surface area contributed by atoms with Crippen molar-refractivity contribution in [1.82, 2.24) is 14.8 Å². The number of benzene rings is 1. The van der Waals surface area contributed by atoms with Gasteiger partial charge in [0.05, 0.1) is 5.02 Å². The van der Waals surface area contributed by atoms with E-state index in [1.54, 1.807) is 23.0 Å². The summed E-state index contributed by atoms with van der Waals surface area (Å²) in [4.78, 5) is 12.0. The second-order valence-corrected chi connectivity index (χ2v) is 4.94. The van der Waals surface area contributed by atoms with Gasteiger partial charge in [0.1, 0.15) is 6.33 Å². The van der Waals surface area contributed by atoms with E-state index in [-0.39, 0.29) is 5.78 Å². The van der Waals surface area contributed by atoms with Crippen molar-refractivity contribution in [3.63, 3.8) is 0 Å². The Morgan fingerprint density at radius 1 is 1.47 bits per heavy atom. The van der Waals surface area contributed by atoms with Gasteiger partial charge in [-0.05, 0) is 30.8 Å². The first-order chi connectivity index (χ1) is 8.08. The normalized spacial score (nSPS) is 10.5. The number of carbonyl (C=O) groups is 1. The average molecular weight is 268 g/mol. The van der Waals surface area contributed by atoms with Gasteiger partial charge in [-0.15, -0.1) is 10.2 Å². The van der Waals surface area contributed by atoms with Crippen LogP contribution in [0.2, 0.25) is 5.02 Å². The molecule has 0 fully saturated rings. The van der Waals surface area contributed by atoms with Crippen LogP contribution in [-0.4, -0.2) is 20.5 Å². The van der Waals surface area contributed by atoms with Crippen LogP contribution in [-0.2, 0) is 7.05 Å². The summed E-state index contributed by atoms with van der Waals surface area (Å²) in [7, 11) is 1.86. The largest absolute Gasteiger partial charge is 0.311 e. The number of hydrogen-bond acceptors (Lipinski definition) is 4. The first-order valence-corrected chi connectivity index (χ1v) is 6.09. The molecule has 0 aliphatic heterocycles. The number of aryl methyl sites for hydroxylation is 1. The molecule has 2 rings (SSSR count). The molecule has 0 amide bonds. The Bertz CT molecular complexity index is 568. The lowest BCUT2D eigenvalue weighted by Gasteiger charge is -2.04. The van der Waals surface area contributed by atoms with Gasteiger partial charge in [-0.2, -0.15) is 0 Å². The minimum atomic E-state index is 0.00195. The third kappa shape index (κ3) is 2.68. The fourth-order valence-electron chi connectivity index (χ4n) is 1.27. The Hall–Kier alpha value is -1.33. The molecule has 2 aromatic rings. The summed E-state index contributed by atoms with van der Waals surface area (Å²) in [6.45, 7) is 1.52. The minimum absolute atomic E-state index is 0.00195. The van der Waals surface area contributed by atoms with Crippen LogP contribution in [0.25, 0.3) is 0 Å². The van der Waals surface area contributed by atoms with Crippen LogP contribution in [0.3, 0.4) is 0 Å². The van der Waals surface area contributed by atoms with Crippen molar-refractivity contribution < 1.29 is 4.79 Å². The molecule has 0 spiro atoms. The lowest BCUT2D eigenvalue weighted by atomic mass is 10.1. The topological polar surface area (TPSA) is 47.8 Å². The molecule has 0 saturated heterocycles. The molecule has 88 valence electrons. The number of rotatable bonds is 3. The minimum Gasteiger partial charge on any atom is -0.311 e. The maximum atomic E-state index is 11.2. The summed E-state index contributed by atoms with van der Waals surface area (Å²) >= 11 is 7.53. The number of carbonyl (C=O) groups excluding carboxylic acids is 1. The number of Topliss-reactive ketones (excluding diaryl/α,β-unsaturated/α-hetero) is 1. The highest BCUT2D eigenvalue weighted by atomic mass is 35.5. The molecule has 1 aromatic heterocycles. The van der Waals surface area contributed by atoms with Gasteiger partial charge in [-0.3, -0.25) is 4.79 Å². The van der Waals surface area contributed by atoms with Gasteiger partial charge < -0.3 is 4.57 Å². The molecule has 1 heterocycles. The maximum absolute atomic E-state index is 11.2. The van der Waals surface area contributed by atoms with Gasteiger partial charge in [0.15, 0.2) is 10.9 Å². The van der Waals surface area contributed by atoms with E-state index >= 15 is 0 Å². The predicted octanol–water partition coefficient (Wildman–Crippen LogP) is 2.82. The maximum Gasteiger partial charge on any atom is 0.195 e. The highest BCUT2D eigenvalue weighted by Crippen LogP contribution is 2.32. The Labute approximate surface area is 108 Å². The molecule has 0 N–H and O–H groups in total. The lowest BCUT2D eigenvalue weighted by Crippen LogP contribution is -1.93. The molecule has 0 bridgehead atoms. The Morgan fingerprint density at radius 3 is 2.76 bits per heavy atom. The van der Waals surface area contributed by atoms with Crippen molar-refractivity contribution in [3.8, 4) is 0 Å². The van der Waals surface area contributed by atoms with Gasteiger partial charge in [0.25, 0.3) is 0 Å². The van der Waals surface area contributed by atoms with Gasteiger partial charge >= 0.3 is 0 Å². The molecular weight excluding hydrogens is 258 g/mol. The van der Waals surface area contributed by atoms with Crippen LogP contribution < -0.4 is 0 Å². The third-order valence-corrected chi connectivity index (χ3v) is 3.76. The number of hydrogen-bond donors (Lipinski definition) is 0. The molecule has 0 radical (unpaired) electrons. The second-order valence-electron chi connectivity index (χ2n) is 3.53. The zero-order chi connectivity index (χ0) is 12.4. The summed E-state index contributed by atoms with van der Waals surface area (Å²) in [6.07, 6.45) is 1.63. The smallest absolute Gasteiger partial charge is 0.195 e. The van der Waals surface area contributed by atoms with E-state index in [0.29, 0.717) is 10.6 Å². The van der Waals surface area contributed by atoms with E-state index in [1.807, 2.05) is 13.1 Å². The average Bonchev–Trinajstić information content (AvgIpc) is 2.67. The summed E-state index contributed by atoms with van der Waals surface area (Å²) in [5.74, 6) is 0.00195. The van der Waals surface area contributed by atoms with Gasteiger partial charge in [0, 0.05) is 17.5 Å². The van der Waals surface area contributed by atoms with Crippen molar-refractivity contribution >= 4 is 29.1 Å². The van der Waals surface area contributed by atoms with Gasteiger partial charge in [-0.1, -0.05) is 17.7 Å². The standard InChI is InChI=1S/C11H10ClN3OS/c1-7(16)8-3-4-10(9(12)5-8)17-11-14-13-6-15(11)2/h3-6H,1-2H3. The van der Waals surface area contributed by atoms with Crippen LogP contribution >= 0.6 is 23.4 Å². The summed E-state index contributed by atoms with van der Waals surface area (Å²) in [5, 5.41) is 9.05. The molecule has 0 aliphatic rings. The number of halogens is 1. The summed E-state index contributed by atoms with van der Waals surface area (Å²) in [5.41, 5.74) is 0.609. The van der Waals surface area contributed by atoms with Crippen LogP contribution in [0.15, 0.2) is 34.6 Å². The van der Waals surface area contributed by atoms with E-state index < -0.39 is 0 Å². The summed E-state index contributed by atoms with van der Waals surface area (Å²) < 4.78 is 1.81. The van der Waals surface area contributed by atoms with Crippen molar-refractivity contribution in [1.29, 1.82) is 0 Å². The molecular formula is C11H10ClN3OS. The third-order valence-electron chi connectivity index (χ3n) is 2.21. The van der Waals surface area contributed by atoms with Gasteiger partial charge in [-0.25, -0.2) is 0 Å². The van der Waals surface area contributed by atoms with Crippen molar-refractivity contribution in [2.75, 3.05) is 0 Å². The molecule has 0 saturated carbocycles. The Kier molecular flexibility index (Phi) is 3.49. The van der Waals surface area contributed by atoms with E-state index in [4.69, 9.17) is 11.6 Å². The zero-order valence-electron chi connectivity index (χ0n) is 9.35. The quantitative estimate of drug-likeness (QED) is 0.803. The van der Waals surface area contributed by atoms with Crippen LogP contribution in [0, 0.1) is 0 Å². The van der Waals surface area contributed by atoms with Crippen molar-refractivity contribution in [2.45, 2.75) is 17.0 Å². The van der Waals surface area contributed by atoms with Crippen molar-refractivity contribution in [3.05, 3.63) is 35.1 Å². The van der Waals surface area contributed by atoms with Crippen LogP contribution in [0.1, 0.15) is 17.3 Å². The molecule has 6 heteroatoms. The summed E-state index contributed by atoms with van der Waals surface area (Å²) in [6, 6.07) is 5.24. The monoisotopic (exact) mass is 267 g/mol. The highest BCUT2D eigenvalue weighted by Gasteiger charge is 2.09. The molecule has 0 aliphatic carbocycles. The molecule has 4 nitrogen and oxygen atoms in total. The fourth-order valence-corrected chi connectivity index (χ4v) is 2.33. The number of nitrogens with zero attached hydrogens (tertiary/aromatic N) is 3. The SMILES string of the molecule is CC(=O)c1ccc(Sc2nncn2C)c(Cl)c1. The van der Waals surface area contributed by atoms with E-state index in [0.717, 1.165) is 10.1 Å². The lowest BCUT2D eigenvalue weighted by molar-refractivity contribution is 0.101. The number of ketones is 1. The first-order valence-electron chi connectivity index (χ1n) is 4.90. The molecule has 0 atom stereocenters. The predicted molar refractivity (Wildman–Crippen MR) is 66.6 cm³/mol. The van der Waals surface area contributed by atoms with E-state index in [2.05, 4.69) is 10.2 Å². The Morgan fingerprint density at radius 2 is 2.24 bits per heavy atom. The van der Waals surface area contributed by atoms with Crippen LogP contribution in [0.5, 0.6) is 0 Å². The molecule has 1 aromatic carbocycles. The second kappa shape index (κ2) is 4.89. The fraction of sp³-hybridized carbons (Fsp3) is 0.182. The van der Waals surface area contributed by atoms with E-state index in [1.165, 1.54) is 18.7 Å². The van der Waals surface area contributed by atoms with Gasteiger partial charge in [0.2, 0.25) is 0 Å². The first kappa shape index (κ1) is 12.1. The number of aromatic nitrogens is 3. The molecule has 17 heavy (non-hydrogen) atoms. The highest BCUT2D eigenvalue weighted by molar-refractivity contribution is 7.99. The van der Waals surface area contributed by atoms with Crippen molar-refractivity contribution in [2.24, 2.45) is 7.05 Å². The zero-order valence-corrected chi connectivity index (χ0v) is 10.9. The Balaban J connectivity index is 2.29. The molecule has 0 unspecified atom stereocenters. The van der Waals surface area contributed by atoms with Crippen LogP contribution in [0.4, 0.5) is 0 Å². The van der Waals surface area contributed by atoms with E-state index in [9.17, 15) is 4.79 Å².